The van der Waals surface area contributed by atoms with E-state index in [-0.39, 0.29) is 30.3 Å². The van der Waals surface area contributed by atoms with E-state index in [1.54, 1.807) is 4.90 Å². The first-order valence-corrected chi connectivity index (χ1v) is 10.1. The molecule has 150 valence electrons. The minimum absolute atomic E-state index is 0.0101. The van der Waals surface area contributed by atoms with Crippen LogP contribution in [0.3, 0.4) is 0 Å². The molecule has 0 unspecified atom stereocenters. The Labute approximate surface area is 170 Å². The summed E-state index contributed by atoms with van der Waals surface area (Å²) in [6, 6.07) is 17.5. The minimum Gasteiger partial charge on any atom is -0.349 e. The Morgan fingerprint density at radius 1 is 1.10 bits per heavy atom. The van der Waals surface area contributed by atoms with E-state index < -0.39 is 0 Å². The lowest BCUT2D eigenvalue weighted by atomic mass is 10.2. The summed E-state index contributed by atoms with van der Waals surface area (Å²) in [6.07, 6.45) is 1.92. The first kappa shape index (κ1) is 19.2. The summed E-state index contributed by atoms with van der Waals surface area (Å²) in [4.78, 5) is 31.9. The van der Waals surface area contributed by atoms with Gasteiger partial charge in [-0.3, -0.25) is 9.59 Å². The number of imidazole rings is 1. The molecule has 1 aliphatic rings. The van der Waals surface area contributed by atoms with Crippen LogP contribution in [-0.4, -0.2) is 27.4 Å². The van der Waals surface area contributed by atoms with Crippen LogP contribution in [0.2, 0.25) is 0 Å². The number of amides is 2. The smallest absolute Gasteiger partial charge is 0.247 e. The van der Waals surface area contributed by atoms with Gasteiger partial charge >= 0.3 is 0 Å². The van der Waals surface area contributed by atoms with Crippen LogP contribution in [-0.2, 0) is 22.7 Å². The summed E-state index contributed by atoms with van der Waals surface area (Å²) in [6.45, 7) is 4.51. The highest BCUT2D eigenvalue weighted by Crippen LogP contribution is 2.29. The van der Waals surface area contributed by atoms with Crippen LogP contribution in [0.4, 0.5) is 5.69 Å². The molecule has 6 heteroatoms. The highest BCUT2D eigenvalue weighted by Gasteiger charge is 2.29. The number of aromatic nitrogens is 2. The SMILES string of the molecule is CC(C)N(C(=O)Cn1c(CNC(=O)C2CC2)nc2ccccc21)c1ccccc1. The van der Waals surface area contributed by atoms with Crippen LogP contribution in [0.15, 0.2) is 54.6 Å². The Morgan fingerprint density at radius 3 is 2.48 bits per heavy atom. The van der Waals surface area contributed by atoms with Crippen molar-refractivity contribution < 1.29 is 9.59 Å². The third kappa shape index (κ3) is 4.16. The second-order valence-electron chi connectivity index (χ2n) is 7.79. The molecule has 1 heterocycles. The van der Waals surface area contributed by atoms with Crippen molar-refractivity contribution in [2.75, 3.05) is 4.90 Å². The second-order valence-corrected chi connectivity index (χ2v) is 7.79. The Balaban J connectivity index is 1.62. The lowest BCUT2D eigenvalue weighted by Crippen LogP contribution is -2.39. The molecule has 6 nitrogen and oxygen atoms in total. The average Bonchev–Trinajstić information content (AvgIpc) is 3.51. The van der Waals surface area contributed by atoms with Crippen LogP contribution < -0.4 is 10.2 Å². The van der Waals surface area contributed by atoms with E-state index in [4.69, 9.17) is 0 Å². The van der Waals surface area contributed by atoms with Crippen molar-refractivity contribution in [1.82, 2.24) is 14.9 Å². The van der Waals surface area contributed by atoms with E-state index in [0.717, 1.165) is 29.6 Å². The van der Waals surface area contributed by atoms with Gasteiger partial charge in [0.25, 0.3) is 0 Å². The van der Waals surface area contributed by atoms with Crippen LogP contribution in [0.1, 0.15) is 32.5 Å². The summed E-state index contributed by atoms with van der Waals surface area (Å²) >= 11 is 0. The van der Waals surface area contributed by atoms with Gasteiger partial charge in [0.1, 0.15) is 12.4 Å². The quantitative estimate of drug-likeness (QED) is 0.671. The number of carbonyl (C=O) groups is 2. The van der Waals surface area contributed by atoms with Gasteiger partial charge in [-0.1, -0.05) is 30.3 Å². The van der Waals surface area contributed by atoms with Crippen LogP contribution in [0, 0.1) is 5.92 Å². The lowest BCUT2D eigenvalue weighted by Gasteiger charge is -2.27. The lowest BCUT2D eigenvalue weighted by molar-refractivity contribution is -0.122. The molecule has 3 aromatic rings. The molecule has 2 aromatic carbocycles. The summed E-state index contributed by atoms with van der Waals surface area (Å²) in [5.41, 5.74) is 2.60. The molecule has 0 spiro atoms. The Bertz CT molecular complexity index is 1020. The normalized spacial score (nSPS) is 13.6. The number of nitrogens with zero attached hydrogens (tertiary/aromatic N) is 3. The second kappa shape index (κ2) is 8.07. The number of hydrogen-bond acceptors (Lipinski definition) is 3. The first-order chi connectivity index (χ1) is 14.0. The van der Waals surface area contributed by atoms with Gasteiger partial charge in [0.05, 0.1) is 17.6 Å². The standard InChI is InChI=1S/C23H26N4O2/c1-16(2)27(18-8-4-3-5-9-18)22(28)15-26-20-11-7-6-10-19(20)25-21(26)14-24-23(29)17-12-13-17/h3-11,16-17H,12-15H2,1-2H3,(H,24,29). The van der Waals surface area contributed by atoms with Crippen LogP contribution in [0.5, 0.6) is 0 Å². The van der Waals surface area contributed by atoms with Gasteiger partial charge < -0.3 is 14.8 Å². The molecule has 29 heavy (non-hydrogen) atoms. The van der Waals surface area contributed by atoms with Gasteiger partial charge in [0.2, 0.25) is 11.8 Å². The molecular formula is C23H26N4O2. The summed E-state index contributed by atoms with van der Waals surface area (Å²) in [7, 11) is 0. The van der Waals surface area contributed by atoms with Gasteiger partial charge in [-0.15, -0.1) is 0 Å². The maximum absolute atomic E-state index is 13.3. The van der Waals surface area contributed by atoms with E-state index >= 15 is 0 Å². The average molecular weight is 390 g/mol. The monoisotopic (exact) mass is 390 g/mol. The number of carbonyl (C=O) groups excluding carboxylic acids is 2. The molecule has 2 amide bonds. The van der Waals surface area contributed by atoms with E-state index in [9.17, 15) is 9.59 Å². The Hall–Kier alpha value is -3.15. The Morgan fingerprint density at radius 2 is 1.79 bits per heavy atom. The number of anilines is 1. The fourth-order valence-electron chi connectivity index (χ4n) is 3.62. The van der Waals surface area contributed by atoms with Crippen LogP contribution in [0.25, 0.3) is 11.0 Å². The van der Waals surface area contributed by atoms with Crippen molar-refractivity contribution in [1.29, 1.82) is 0 Å². The molecule has 0 bridgehead atoms. The zero-order chi connectivity index (χ0) is 20.4. The summed E-state index contributed by atoms with van der Waals surface area (Å²) in [5, 5.41) is 2.97. The number of nitrogens with one attached hydrogen (secondary N) is 1. The summed E-state index contributed by atoms with van der Waals surface area (Å²) in [5.74, 6) is 0.904. The van der Waals surface area contributed by atoms with E-state index in [0.29, 0.717) is 12.4 Å². The summed E-state index contributed by atoms with van der Waals surface area (Å²) < 4.78 is 1.92. The molecule has 1 aromatic heterocycles. The van der Waals surface area contributed by atoms with Crippen molar-refractivity contribution in [3.63, 3.8) is 0 Å². The fraction of sp³-hybridized carbons (Fsp3) is 0.348. The van der Waals surface area contributed by atoms with E-state index in [1.807, 2.05) is 73.0 Å². The van der Waals surface area contributed by atoms with E-state index in [1.165, 1.54) is 0 Å². The molecule has 1 N–H and O–H groups in total. The van der Waals surface area contributed by atoms with Gasteiger partial charge in [-0.05, 0) is 51.0 Å². The van der Waals surface area contributed by atoms with Gasteiger partial charge in [0, 0.05) is 17.6 Å². The molecule has 0 aliphatic heterocycles. The van der Waals surface area contributed by atoms with Gasteiger partial charge in [-0.25, -0.2) is 4.98 Å². The maximum atomic E-state index is 13.3. The number of para-hydroxylation sites is 3. The zero-order valence-electron chi connectivity index (χ0n) is 16.8. The number of fused-ring (bicyclic) bond motifs is 1. The molecule has 0 saturated heterocycles. The topological polar surface area (TPSA) is 67.2 Å². The molecule has 1 saturated carbocycles. The molecule has 0 radical (unpaired) electrons. The largest absolute Gasteiger partial charge is 0.349 e. The first-order valence-electron chi connectivity index (χ1n) is 10.1. The molecular weight excluding hydrogens is 364 g/mol. The third-order valence-electron chi connectivity index (χ3n) is 5.22. The van der Waals surface area contributed by atoms with Crippen LogP contribution >= 0.6 is 0 Å². The number of benzene rings is 2. The molecule has 4 rings (SSSR count). The zero-order valence-corrected chi connectivity index (χ0v) is 16.8. The van der Waals surface area contributed by atoms with Gasteiger partial charge in [-0.2, -0.15) is 0 Å². The van der Waals surface area contributed by atoms with Crippen molar-refractivity contribution in [2.45, 2.75) is 45.8 Å². The Kier molecular flexibility index (Phi) is 5.34. The maximum Gasteiger partial charge on any atom is 0.247 e. The highest BCUT2D eigenvalue weighted by atomic mass is 16.2. The van der Waals surface area contributed by atoms with Crippen molar-refractivity contribution in [2.24, 2.45) is 5.92 Å². The van der Waals surface area contributed by atoms with E-state index in [2.05, 4.69) is 10.3 Å². The highest BCUT2D eigenvalue weighted by molar-refractivity contribution is 5.94. The van der Waals surface area contributed by atoms with Crippen molar-refractivity contribution in [3.8, 4) is 0 Å². The van der Waals surface area contributed by atoms with Gasteiger partial charge in [0.15, 0.2) is 0 Å². The van der Waals surface area contributed by atoms with Crippen molar-refractivity contribution in [3.05, 3.63) is 60.4 Å². The predicted octanol–water partition coefficient (Wildman–Crippen LogP) is 3.50. The number of hydrogen-bond donors (Lipinski definition) is 1. The predicted molar refractivity (Wildman–Crippen MR) is 113 cm³/mol. The van der Waals surface area contributed by atoms with Crippen molar-refractivity contribution >= 4 is 28.5 Å². The fourth-order valence-corrected chi connectivity index (χ4v) is 3.62. The molecule has 0 atom stereocenters. The molecule has 1 aliphatic carbocycles. The molecule has 1 fully saturated rings. The number of rotatable bonds is 7. The minimum atomic E-state index is -0.0101. The third-order valence-corrected chi connectivity index (χ3v) is 5.22.